The van der Waals surface area contributed by atoms with Gasteiger partial charge in [0.2, 0.25) is 10.0 Å². The normalized spacial score (nSPS) is 20.3. The van der Waals surface area contributed by atoms with Gasteiger partial charge in [0.1, 0.15) is 0 Å². The first-order valence-corrected chi connectivity index (χ1v) is 7.96. The lowest BCUT2D eigenvalue weighted by Gasteiger charge is -2.25. The van der Waals surface area contributed by atoms with Gasteiger partial charge in [-0.3, -0.25) is 4.55 Å². The molecule has 0 aromatic heterocycles. The van der Waals surface area contributed by atoms with Crippen molar-refractivity contribution in [2.45, 2.75) is 19.3 Å². The molecule has 0 saturated carbocycles. The average Bonchev–Trinajstić information content (AvgIpc) is 2.16. The number of rotatable bonds is 4. The lowest BCUT2D eigenvalue weighted by Crippen LogP contribution is -2.38. The summed E-state index contributed by atoms with van der Waals surface area (Å²) in [7, 11) is -7.72. The van der Waals surface area contributed by atoms with Gasteiger partial charge in [0, 0.05) is 13.1 Å². The Kier molecular flexibility index (Phi) is 4.10. The van der Waals surface area contributed by atoms with Crippen LogP contribution in [0.1, 0.15) is 19.3 Å². The Balaban J connectivity index is 2.58. The third-order valence-corrected chi connectivity index (χ3v) is 5.16. The van der Waals surface area contributed by atoms with Gasteiger partial charge in [-0.15, -0.1) is 0 Å². The molecule has 1 rings (SSSR count). The maximum atomic E-state index is 11.6. The van der Waals surface area contributed by atoms with E-state index in [1.165, 1.54) is 4.31 Å². The van der Waals surface area contributed by atoms with E-state index >= 15 is 0 Å². The molecule has 1 N–H and O–H groups in total. The maximum Gasteiger partial charge on any atom is 0.265 e. The van der Waals surface area contributed by atoms with Crippen molar-refractivity contribution in [3.63, 3.8) is 0 Å². The summed E-state index contributed by atoms with van der Waals surface area (Å²) in [5, 5.41) is 0. The molecule has 0 atom stereocenters. The molecular formula is C7H15NO5S2. The zero-order chi connectivity index (χ0) is 11.5. The topological polar surface area (TPSA) is 91.7 Å². The fourth-order valence-electron chi connectivity index (χ4n) is 1.48. The van der Waals surface area contributed by atoms with E-state index in [0.717, 1.165) is 19.3 Å². The molecule has 1 saturated heterocycles. The summed E-state index contributed by atoms with van der Waals surface area (Å²) < 4.78 is 53.8. The van der Waals surface area contributed by atoms with Crippen LogP contribution in [-0.2, 0) is 20.1 Å². The van der Waals surface area contributed by atoms with Gasteiger partial charge in [0.05, 0.1) is 11.5 Å². The highest BCUT2D eigenvalue weighted by Gasteiger charge is 2.25. The first-order valence-electron chi connectivity index (χ1n) is 4.74. The second-order valence-electron chi connectivity index (χ2n) is 3.56. The third kappa shape index (κ3) is 4.45. The molecule has 8 heteroatoms. The van der Waals surface area contributed by atoms with Crippen LogP contribution < -0.4 is 0 Å². The summed E-state index contributed by atoms with van der Waals surface area (Å²) in [5.74, 6) is -1.27. The number of hydrogen-bond acceptors (Lipinski definition) is 4. The van der Waals surface area contributed by atoms with Gasteiger partial charge in [-0.2, -0.15) is 8.42 Å². The second kappa shape index (κ2) is 4.77. The Morgan fingerprint density at radius 3 is 1.93 bits per heavy atom. The molecule has 0 radical (unpaired) electrons. The Bertz CT molecular complexity index is 393. The van der Waals surface area contributed by atoms with Crippen LogP contribution >= 0.6 is 0 Å². The fourth-order valence-corrected chi connectivity index (χ4v) is 4.24. The van der Waals surface area contributed by atoms with Gasteiger partial charge in [0.15, 0.2) is 0 Å². The Morgan fingerprint density at radius 2 is 1.47 bits per heavy atom. The lowest BCUT2D eigenvalue weighted by atomic mass is 10.2. The summed E-state index contributed by atoms with van der Waals surface area (Å²) in [4.78, 5) is 0. The van der Waals surface area contributed by atoms with Crippen LogP contribution in [0, 0.1) is 0 Å². The molecule has 0 aliphatic carbocycles. The zero-order valence-electron chi connectivity index (χ0n) is 8.29. The van der Waals surface area contributed by atoms with E-state index in [0.29, 0.717) is 13.1 Å². The Morgan fingerprint density at radius 1 is 0.933 bits per heavy atom. The molecule has 1 aliphatic heterocycles. The van der Waals surface area contributed by atoms with Crippen LogP contribution in [0.3, 0.4) is 0 Å². The predicted molar refractivity (Wildman–Crippen MR) is 55.6 cm³/mol. The van der Waals surface area contributed by atoms with E-state index < -0.39 is 31.6 Å². The molecule has 0 aromatic carbocycles. The van der Waals surface area contributed by atoms with Gasteiger partial charge in [-0.1, -0.05) is 6.42 Å². The second-order valence-corrected chi connectivity index (χ2v) is 7.22. The minimum atomic E-state index is -4.20. The van der Waals surface area contributed by atoms with Crippen LogP contribution in [0.15, 0.2) is 0 Å². The van der Waals surface area contributed by atoms with Crippen LogP contribution in [0.25, 0.3) is 0 Å². The molecule has 90 valence electrons. The fraction of sp³-hybridized carbons (Fsp3) is 1.00. The van der Waals surface area contributed by atoms with Gasteiger partial charge in [-0.05, 0) is 12.8 Å². The standard InChI is InChI=1S/C7H15NO5S2/c9-14(10,6-7-15(11,12)13)8-4-2-1-3-5-8/h1-7H2,(H,11,12,13). The molecular weight excluding hydrogens is 242 g/mol. The number of sulfonamides is 1. The third-order valence-electron chi connectivity index (χ3n) is 2.31. The van der Waals surface area contributed by atoms with Crippen molar-refractivity contribution in [3.05, 3.63) is 0 Å². The Labute approximate surface area is 90.1 Å². The molecule has 15 heavy (non-hydrogen) atoms. The Hall–Kier alpha value is -0.180. The molecule has 0 unspecified atom stereocenters. The predicted octanol–water partition coefficient (Wildman–Crippen LogP) is -0.310. The first-order chi connectivity index (χ1) is 6.81. The molecule has 1 aliphatic rings. The van der Waals surface area contributed by atoms with Crippen molar-refractivity contribution in [1.82, 2.24) is 4.31 Å². The van der Waals surface area contributed by atoms with Crippen molar-refractivity contribution < 1.29 is 21.4 Å². The molecule has 6 nitrogen and oxygen atoms in total. The molecule has 0 aromatic rings. The zero-order valence-corrected chi connectivity index (χ0v) is 9.93. The summed E-state index contributed by atoms with van der Waals surface area (Å²) in [6.45, 7) is 0.904. The number of piperidine rings is 1. The molecule has 1 heterocycles. The summed E-state index contributed by atoms with van der Waals surface area (Å²) in [6, 6.07) is 0. The van der Waals surface area contributed by atoms with Crippen molar-refractivity contribution >= 4 is 20.1 Å². The number of hydrogen-bond donors (Lipinski definition) is 1. The highest BCUT2D eigenvalue weighted by atomic mass is 32.2. The monoisotopic (exact) mass is 257 g/mol. The lowest BCUT2D eigenvalue weighted by molar-refractivity contribution is 0.347. The molecule has 1 fully saturated rings. The van der Waals surface area contributed by atoms with Crippen LogP contribution in [0.2, 0.25) is 0 Å². The van der Waals surface area contributed by atoms with Gasteiger partial charge >= 0.3 is 0 Å². The van der Waals surface area contributed by atoms with E-state index in [1.807, 2.05) is 0 Å². The van der Waals surface area contributed by atoms with Gasteiger partial charge < -0.3 is 0 Å². The minimum Gasteiger partial charge on any atom is -0.286 e. The first kappa shape index (κ1) is 12.9. The SMILES string of the molecule is O=S(=O)(O)CCS(=O)(=O)N1CCCCC1. The van der Waals surface area contributed by atoms with Crippen LogP contribution in [-0.4, -0.2) is 50.3 Å². The van der Waals surface area contributed by atoms with Gasteiger partial charge in [0.25, 0.3) is 10.1 Å². The van der Waals surface area contributed by atoms with Crippen molar-refractivity contribution in [3.8, 4) is 0 Å². The summed E-state index contributed by atoms with van der Waals surface area (Å²) >= 11 is 0. The van der Waals surface area contributed by atoms with E-state index in [9.17, 15) is 16.8 Å². The van der Waals surface area contributed by atoms with Crippen molar-refractivity contribution in [1.29, 1.82) is 0 Å². The highest BCUT2D eigenvalue weighted by molar-refractivity contribution is 7.91. The van der Waals surface area contributed by atoms with Crippen LogP contribution in [0.4, 0.5) is 0 Å². The van der Waals surface area contributed by atoms with Gasteiger partial charge in [-0.25, -0.2) is 12.7 Å². The molecule has 0 bridgehead atoms. The summed E-state index contributed by atoms with van der Waals surface area (Å²) in [6.07, 6.45) is 2.63. The highest BCUT2D eigenvalue weighted by Crippen LogP contribution is 2.13. The molecule has 0 amide bonds. The van der Waals surface area contributed by atoms with E-state index in [2.05, 4.69) is 0 Å². The molecule has 0 spiro atoms. The quantitative estimate of drug-likeness (QED) is 0.697. The van der Waals surface area contributed by atoms with E-state index in [4.69, 9.17) is 4.55 Å². The average molecular weight is 257 g/mol. The smallest absolute Gasteiger partial charge is 0.265 e. The van der Waals surface area contributed by atoms with Crippen molar-refractivity contribution in [2.24, 2.45) is 0 Å². The van der Waals surface area contributed by atoms with Crippen molar-refractivity contribution in [2.75, 3.05) is 24.6 Å². The number of nitrogens with zero attached hydrogens (tertiary/aromatic N) is 1. The van der Waals surface area contributed by atoms with E-state index in [1.54, 1.807) is 0 Å². The minimum absolute atomic E-state index is 0.452. The summed E-state index contributed by atoms with van der Waals surface area (Å²) in [5.41, 5.74) is 0. The maximum absolute atomic E-state index is 11.6. The van der Waals surface area contributed by atoms with Crippen LogP contribution in [0.5, 0.6) is 0 Å². The van der Waals surface area contributed by atoms with E-state index in [-0.39, 0.29) is 0 Å². The largest absolute Gasteiger partial charge is 0.286 e.